The number of rotatable bonds is 2. The van der Waals surface area contributed by atoms with Crippen LogP contribution >= 0.6 is 0 Å². The van der Waals surface area contributed by atoms with Crippen molar-refractivity contribution in [3.63, 3.8) is 0 Å². The highest BCUT2D eigenvalue weighted by Gasteiger charge is 2.26. The largest absolute Gasteiger partial charge is 0.392 e. The van der Waals surface area contributed by atoms with E-state index in [1.165, 1.54) is 0 Å². The molecule has 1 aliphatic rings. The number of para-hydroxylation sites is 1. The Bertz CT molecular complexity index is 614. The first-order chi connectivity index (χ1) is 9.69. The van der Waals surface area contributed by atoms with Crippen molar-refractivity contribution in [2.24, 2.45) is 0 Å². The molecular weight excluding hydrogens is 252 g/mol. The van der Waals surface area contributed by atoms with Crippen LogP contribution in [0.4, 0.5) is 5.82 Å². The minimum Gasteiger partial charge on any atom is -0.392 e. The zero-order valence-electron chi connectivity index (χ0n) is 11.9. The number of hydrogen-bond acceptors (Lipinski definition) is 4. The van der Waals surface area contributed by atoms with E-state index in [-0.39, 0.29) is 18.8 Å². The number of benzene rings is 1. The molecule has 2 aromatic rings. The molecule has 2 atom stereocenters. The van der Waals surface area contributed by atoms with Crippen LogP contribution in [0.5, 0.6) is 0 Å². The quantitative estimate of drug-likeness (QED) is 0.911. The van der Waals surface area contributed by atoms with Crippen LogP contribution in [-0.4, -0.2) is 35.4 Å². The Kier molecular flexibility index (Phi) is 3.59. The molecule has 20 heavy (non-hydrogen) atoms. The summed E-state index contributed by atoms with van der Waals surface area (Å²) in [5.41, 5.74) is 1.84. The highest BCUT2D eigenvalue weighted by atomic mass is 16.5. The van der Waals surface area contributed by atoms with Crippen molar-refractivity contribution in [1.82, 2.24) is 4.98 Å². The number of aliphatic hydroxyl groups is 1. The third-order valence-corrected chi connectivity index (χ3v) is 3.83. The van der Waals surface area contributed by atoms with Gasteiger partial charge in [-0.2, -0.15) is 0 Å². The molecular formula is C16H20N2O2. The van der Waals surface area contributed by atoms with E-state index in [4.69, 9.17) is 9.72 Å². The smallest absolute Gasteiger partial charge is 0.135 e. The van der Waals surface area contributed by atoms with E-state index in [0.29, 0.717) is 6.61 Å². The minimum atomic E-state index is 0.00558. The van der Waals surface area contributed by atoms with E-state index in [9.17, 15) is 5.11 Å². The summed E-state index contributed by atoms with van der Waals surface area (Å²) < 4.78 is 5.67. The molecule has 1 aromatic carbocycles. The van der Waals surface area contributed by atoms with Gasteiger partial charge in [0.15, 0.2) is 0 Å². The summed E-state index contributed by atoms with van der Waals surface area (Å²) in [6, 6.07) is 10.3. The molecule has 0 amide bonds. The monoisotopic (exact) mass is 272 g/mol. The Morgan fingerprint density at radius 3 is 2.95 bits per heavy atom. The molecule has 4 nitrogen and oxygen atoms in total. The maximum Gasteiger partial charge on any atom is 0.135 e. The van der Waals surface area contributed by atoms with E-state index in [0.717, 1.165) is 28.8 Å². The molecule has 0 bridgehead atoms. The molecule has 0 aliphatic carbocycles. The number of hydrogen-bond donors (Lipinski definition) is 1. The predicted molar refractivity (Wildman–Crippen MR) is 79.9 cm³/mol. The molecule has 1 N–H and O–H groups in total. The Labute approximate surface area is 119 Å². The topological polar surface area (TPSA) is 45.6 Å². The van der Waals surface area contributed by atoms with Crippen molar-refractivity contribution >= 4 is 16.7 Å². The van der Waals surface area contributed by atoms with Crippen LogP contribution < -0.4 is 4.90 Å². The summed E-state index contributed by atoms with van der Waals surface area (Å²) in [5.74, 6) is 0.883. The van der Waals surface area contributed by atoms with Gasteiger partial charge in [-0.05, 0) is 26.0 Å². The van der Waals surface area contributed by atoms with Crippen LogP contribution in [0.1, 0.15) is 19.4 Å². The molecule has 2 heterocycles. The number of aromatic nitrogens is 1. The highest BCUT2D eigenvalue weighted by Crippen LogP contribution is 2.27. The fourth-order valence-electron chi connectivity index (χ4n) is 2.71. The van der Waals surface area contributed by atoms with Gasteiger partial charge in [-0.3, -0.25) is 0 Å². The standard InChI is InChI=1S/C16H20N2O2/c1-11-10-20-12(2)8-18(11)16-14(9-19)7-13-5-3-4-6-15(13)17-16/h3-7,11-12,19H,8-10H2,1-2H3. The third-order valence-electron chi connectivity index (χ3n) is 3.83. The predicted octanol–water partition coefficient (Wildman–Crippen LogP) is 2.34. The van der Waals surface area contributed by atoms with Crippen molar-refractivity contribution in [2.45, 2.75) is 32.6 Å². The van der Waals surface area contributed by atoms with Crippen LogP contribution in [0, 0.1) is 0 Å². The van der Waals surface area contributed by atoms with Crippen molar-refractivity contribution in [3.8, 4) is 0 Å². The first-order valence-electron chi connectivity index (χ1n) is 7.07. The van der Waals surface area contributed by atoms with Crippen LogP contribution in [0.25, 0.3) is 10.9 Å². The zero-order valence-corrected chi connectivity index (χ0v) is 11.9. The molecule has 2 unspecified atom stereocenters. The van der Waals surface area contributed by atoms with E-state index < -0.39 is 0 Å². The summed E-state index contributed by atoms with van der Waals surface area (Å²) in [5, 5.41) is 10.7. The average Bonchev–Trinajstić information content (AvgIpc) is 2.48. The Hall–Kier alpha value is -1.65. The molecule has 4 heteroatoms. The minimum absolute atomic E-state index is 0.00558. The molecule has 1 aromatic heterocycles. The number of morpholine rings is 1. The number of fused-ring (bicyclic) bond motifs is 1. The fraction of sp³-hybridized carbons (Fsp3) is 0.438. The molecule has 0 radical (unpaired) electrons. The van der Waals surface area contributed by atoms with Gasteiger partial charge < -0.3 is 14.7 Å². The summed E-state index contributed by atoms with van der Waals surface area (Å²) in [4.78, 5) is 7.01. The van der Waals surface area contributed by atoms with E-state index in [2.05, 4.69) is 18.7 Å². The highest BCUT2D eigenvalue weighted by molar-refractivity contribution is 5.81. The fourth-order valence-corrected chi connectivity index (χ4v) is 2.71. The van der Waals surface area contributed by atoms with Crippen molar-refractivity contribution < 1.29 is 9.84 Å². The molecule has 3 rings (SSSR count). The van der Waals surface area contributed by atoms with Crippen LogP contribution in [0.3, 0.4) is 0 Å². The van der Waals surface area contributed by atoms with Gasteiger partial charge in [0.2, 0.25) is 0 Å². The molecule has 1 saturated heterocycles. The van der Waals surface area contributed by atoms with Crippen LogP contribution in [-0.2, 0) is 11.3 Å². The molecule has 106 valence electrons. The Morgan fingerprint density at radius 1 is 1.35 bits per heavy atom. The van der Waals surface area contributed by atoms with Gasteiger partial charge in [0.25, 0.3) is 0 Å². The van der Waals surface area contributed by atoms with Gasteiger partial charge in [0, 0.05) is 17.5 Å². The average molecular weight is 272 g/mol. The normalized spacial score (nSPS) is 23.2. The zero-order chi connectivity index (χ0) is 14.1. The lowest BCUT2D eigenvalue weighted by atomic mass is 10.1. The van der Waals surface area contributed by atoms with E-state index in [1.54, 1.807) is 0 Å². The number of ether oxygens (including phenoxy) is 1. The molecule has 1 aliphatic heterocycles. The Morgan fingerprint density at radius 2 is 2.15 bits per heavy atom. The van der Waals surface area contributed by atoms with Crippen molar-refractivity contribution in [1.29, 1.82) is 0 Å². The first-order valence-corrected chi connectivity index (χ1v) is 7.07. The SMILES string of the molecule is CC1CN(c2nc3ccccc3cc2CO)C(C)CO1. The summed E-state index contributed by atoms with van der Waals surface area (Å²) in [7, 11) is 0. The second-order valence-electron chi connectivity index (χ2n) is 5.47. The van der Waals surface area contributed by atoms with Gasteiger partial charge in [0.1, 0.15) is 5.82 Å². The number of nitrogens with zero attached hydrogens (tertiary/aromatic N) is 2. The van der Waals surface area contributed by atoms with Gasteiger partial charge in [-0.15, -0.1) is 0 Å². The van der Waals surface area contributed by atoms with E-state index >= 15 is 0 Å². The number of aliphatic hydroxyl groups excluding tert-OH is 1. The second-order valence-corrected chi connectivity index (χ2v) is 5.47. The van der Waals surface area contributed by atoms with Crippen molar-refractivity contribution in [3.05, 3.63) is 35.9 Å². The van der Waals surface area contributed by atoms with Gasteiger partial charge in [-0.25, -0.2) is 4.98 Å². The van der Waals surface area contributed by atoms with Crippen LogP contribution in [0.15, 0.2) is 30.3 Å². The van der Waals surface area contributed by atoms with Gasteiger partial charge in [0.05, 0.1) is 30.9 Å². The summed E-state index contributed by atoms with van der Waals surface area (Å²) in [6.07, 6.45) is 0.186. The Balaban J connectivity index is 2.08. The van der Waals surface area contributed by atoms with Crippen molar-refractivity contribution in [2.75, 3.05) is 18.1 Å². The molecule has 0 saturated carbocycles. The van der Waals surface area contributed by atoms with Gasteiger partial charge >= 0.3 is 0 Å². The second kappa shape index (κ2) is 5.38. The number of anilines is 1. The summed E-state index contributed by atoms with van der Waals surface area (Å²) in [6.45, 7) is 5.70. The molecule has 0 spiro atoms. The van der Waals surface area contributed by atoms with Gasteiger partial charge in [-0.1, -0.05) is 18.2 Å². The maximum atomic E-state index is 9.66. The van der Waals surface area contributed by atoms with Crippen LogP contribution in [0.2, 0.25) is 0 Å². The maximum absolute atomic E-state index is 9.66. The lowest BCUT2D eigenvalue weighted by Crippen LogP contribution is -2.48. The number of pyridine rings is 1. The first kappa shape index (κ1) is 13.3. The summed E-state index contributed by atoms with van der Waals surface area (Å²) >= 11 is 0. The molecule has 1 fully saturated rings. The lowest BCUT2D eigenvalue weighted by molar-refractivity contribution is 0.0339. The third kappa shape index (κ3) is 2.37. The lowest BCUT2D eigenvalue weighted by Gasteiger charge is -2.38. The van der Waals surface area contributed by atoms with E-state index in [1.807, 2.05) is 30.3 Å².